The van der Waals surface area contributed by atoms with E-state index in [1.54, 1.807) is 14.2 Å². The Morgan fingerprint density at radius 3 is 2.44 bits per heavy atom. The molecule has 1 radical (unpaired) electrons. The molecule has 0 aromatic carbocycles. The summed E-state index contributed by atoms with van der Waals surface area (Å²) in [5, 5.41) is 3.37. The van der Waals surface area contributed by atoms with Crippen molar-refractivity contribution in [2.24, 2.45) is 0 Å². The smallest absolute Gasteiger partial charge is 0.387 e. The van der Waals surface area contributed by atoms with Crippen LogP contribution < -0.4 is 5.32 Å². The van der Waals surface area contributed by atoms with Crippen LogP contribution in [0.1, 0.15) is 19.8 Å². The third-order valence-electron chi connectivity index (χ3n) is 3.13. The van der Waals surface area contributed by atoms with E-state index in [1.165, 1.54) is 32.5 Å². The number of rotatable bonds is 7. The molecular weight excluding hydrogens is 220 g/mol. The molecule has 1 saturated heterocycles. The Bertz CT molecular complexity index is 173. The van der Waals surface area contributed by atoms with E-state index >= 15 is 0 Å². The summed E-state index contributed by atoms with van der Waals surface area (Å²) in [7, 11) is 2.47. The molecule has 0 aliphatic carbocycles. The zero-order valence-electron chi connectivity index (χ0n) is 10.8. The van der Waals surface area contributed by atoms with Crippen LogP contribution in [0.15, 0.2) is 0 Å². The van der Waals surface area contributed by atoms with Gasteiger partial charge >= 0.3 is 9.28 Å². The lowest BCUT2D eigenvalue weighted by atomic mass is 10.2. The lowest BCUT2D eigenvalue weighted by molar-refractivity contribution is 0.231. The van der Waals surface area contributed by atoms with Gasteiger partial charge in [-0.05, 0) is 19.4 Å². The summed E-state index contributed by atoms with van der Waals surface area (Å²) >= 11 is 0. The molecule has 0 aromatic heterocycles. The van der Waals surface area contributed by atoms with Crippen molar-refractivity contribution >= 4 is 9.28 Å². The van der Waals surface area contributed by atoms with Gasteiger partial charge in [0, 0.05) is 45.9 Å². The fraction of sp³-hybridized carbons (Fsp3) is 1.00. The van der Waals surface area contributed by atoms with Crippen LogP contribution in [0, 0.1) is 0 Å². The molecule has 95 valence electrons. The van der Waals surface area contributed by atoms with Gasteiger partial charge in [0.2, 0.25) is 0 Å². The van der Waals surface area contributed by atoms with Gasteiger partial charge in [0.15, 0.2) is 0 Å². The van der Waals surface area contributed by atoms with Gasteiger partial charge in [0.1, 0.15) is 0 Å². The normalized spacial score (nSPS) is 20.2. The van der Waals surface area contributed by atoms with E-state index in [9.17, 15) is 0 Å². The quantitative estimate of drug-likeness (QED) is 0.674. The van der Waals surface area contributed by atoms with E-state index in [4.69, 9.17) is 8.85 Å². The summed E-state index contributed by atoms with van der Waals surface area (Å²) in [5.41, 5.74) is 0.572. The zero-order chi connectivity index (χ0) is 11.8. The molecule has 0 aromatic rings. The molecule has 16 heavy (non-hydrogen) atoms. The molecule has 1 aliphatic heterocycles. The van der Waals surface area contributed by atoms with Gasteiger partial charge in [0.05, 0.1) is 0 Å². The zero-order valence-corrected chi connectivity index (χ0v) is 11.8. The fourth-order valence-corrected chi connectivity index (χ4v) is 3.57. The van der Waals surface area contributed by atoms with Gasteiger partial charge in [-0.2, -0.15) is 0 Å². The first-order valence-corrected chi connectivity index (χ1v) is 7.55. The summed E-state index contributed by atoms with van der Waals surface area (Å²) < 4.78 is 10.7. The fourth-order valence-electron chi connectivity index (χ4n) is 2.16. The minimum atomic E-state index is -1.03. The molecule has 5 heteroatoms. The van der Waals surface area contributed by atoms with Gasteiger partial charge < -0.3 is 19.1 Å². The molecular formula is C11H25N2O2Si. The van der Waals surface area contributed by atoms with Crippen LogP contribution >= 0.6 is 0 Å². The third-order valence-corrected chi connectivity index (χ3v) is 5.02. The molecule has 0 amide bonds. The number of nitrogens with one attached hydrogen (secondary N) is 1. The van der Waals surface area contributed by atoms with Crippen LogP contribution in [-0.4, -0.2) is 61.1 Å². The van der Waals surface area contributed by atoms with E-state index in [0.717, 1.165) is 13.1 Å². The predicted molar refractivity (Wildman–Crippen MR) is 67.7 cm³/mol. The highest BCUT2D eigenvalue weighted by Gasteiger charge is 2.21. The number of piperazine rings is 1. The van der Waals surface area contributed by atoms with Gasteiger partial charge in [0.25, 0.3) is 0 Å². The third kappa shape index (κ3) is 4.93. The van der Waals surface area contributed by atoms with Crippen molar-refractivity contribution in [3.8, 4) is 0 Å². The van der Waals surface area contributed by atoms with Gasteiger partial charge in [-0.15, -0.1) is 0 Å². The second-order valence-corrected chi connectivity index (χ2v) is 6.80. The first kappa shape index (κ1) is 14.1. The maximum atomic E-state index is 5.36. The second kappa shape index (κ2) is 8.19. The molecule has 1 aliphatic rings. The number of hydrogen-bond donors (Lipinski definition) is 1. The molecule has 1 unspecified atom stereocenters. The average molecular weight is 245 g/mol. The van der Waals surface area contributed by atoms with Crippen LogP contribution in [-0.2, 0) is 8.85 Å². The summed E-state index contributed by atoms with van der Waals surface area (Å²) in [4.78, 5) is 2.54. The number of hydrogen-bond acceptors (Lipinski definition) is 4. The van der Waals surface area contributed by atoms with Crippen molar-refractivity contribution in [2.45, 2.75) is 25.3 Å². The van der Waals surface area contributed by atoms with Gasteiger partial charge in [-0.1, -0.05) is 6.92 Å². The van der Waals surface area contributed by atoms with Crippen LogP contribution in [0.25, 0.3) is 0 Å². The number of nitrogens with zero attached hydrogens (tertiary/aromatic N) is 1. The van der Waals surface area contributed by atoms with Crippen molar-refractivity contribution in [2.75, 3.05) is 46.9 Å². The average Bonchev–Trinajstić information content (AvgIpc) is 2.32. The van der Waals surface area contributed by atoms with Gasteiger partial charge in [-0.3, -0.25) is 0 Å². The Morgan fingerprint density at radius 2 is 1.88 bits per heavy atom. The largest absolute Gasteiger partial charge is 0.397 e. The molecule has 1 atom stereocenters. The second-order valence-electron chi connectivity index (χ2n) is 4.36. The highest BCUT2D eigenvalue weighted by Crippen LogP contribution is 2.17. The molecule has 4 nitrogen and oxygen atoms in total. The Hall–Kier alpha value is 0.0569. The molecule has 0 spiro atoms. The summed E-state index contributed by atoms with van der Waals surface area (Å²) in [6, 6.07) is 0. The topological polar surface area (TPSA) is 33.7 Å². The van der Waals surface area contributed by atoms with Crippen molar-refractivity contribution < 1.29 is 8.85 Å². The first-order chi connectivity index (χ1) is 7.77. The SMILES string of the molecule is CO[Si](OC)C(C)CCCN1CCNCC1. The lowest BCUT2D eigenvalue weighted by Gasteiger charge is -2.27. The molecule has 0 bridgehead atoms. The maximum absolute atomic E-state index is 5.36. The van der Waals surface area contributed by atoms with E-state index in [2.05, 4.69) is 17.1 Å². The van der Waals surface area contributed by atoms with E-state index in [-0.39, 0.29) is 0 Å². The maximum Gasteiger partial charge on any atom is 0.387 e. The predicted octanol–water partition coefficient (Wildman–Crippen LogP) is 0.843. The minimum absolute atomic E-state index is 0.572. The molecule has 1 N–H and O–H groups in total. The van der Waals surface area contributed by atoms with E-state index in [0.29, 0.717) is 5.54 Å². The summed E-state index contributed by atoms with van der Waals surface area (Å²) in [5.74, 6) is 0. The van der Waals surface area contributed by atoms with Crippen molar-refractivity contribution in [1.82, 2.24) is 10.2 Å². The van der Waals surface area contributed by atoms with Crippen LogP contribution in [0.2, 0.25) is 5.54 Å². The van der Waals surface area contributed by atoms with Crippen LogP contribution in [0.4, 0.5) is 0 Å². The van der Waals surface area contributed by atoms with Crippen LogP contribution in [0.5, 0.6) is 0 Å². The van der Waals surface area contributed by atoms with Crippen molar-refractivity contribution in [3.05, 3.63) is 0 Å². The first-order valence-electron chi connectivity index (χ1n) is 6.15. The highest BCUT2D eigenvalue weighted by atomic mass is 28.3. The van der Waals surface area contributed by atoms with Crippen molar-refractivity contribution in [3.63, 3.8) is 0 Å². The van der Waals surface area contributed by atoms with Crippen LogP contribution in [0.3, 0.4) is 0 Å². The van der Waals surface area contributed by atoms with Crippen molar-refractivity contribution in [1.29, 1.82) is 0 Å². The van der Waals surface area contributed by atoms with Gasteiger partial charge in [-0.25, -0.2) is 0 Å². The summed E-state index contributed by atoms with van der Waals surface area (Å²) in [6.07, 6.45) is 2.46. The van der Waals surface area contributed by atoms with E-state index in [1.807, 2.05) is 0 Å². The standard InChI is InChI=1S/C11H25N2O2Si/c1-11(16(14-2)15-3)5-4-8-13-9-6-12-7-10-13/h11-12H,4-10H2,1-3H3. The Labute approximate surface area is 101 Å². The molecule has 1 heterocycles. The van der Waals surface area contributed by atoms with E-state index < -0.39 is 9.28 Å². The Morgan fingerprint density at radius 1 is 1.25 bits per heavy atom. The monoisotopic (exact) mass is 245 g/mol. The molecule has 1 rings (SSSR count). The Balaban J connectivity index is 2.09. The lowest BCUT2D eigenvalue weighted by Crippen LogP contribution is -2.43. The Kier molecular flexibility index (Phi) is 7.23. The summed E-state index contributed by atoms with van der Waals surface area (Å²) in [6.45, 7) is 8.12. The molecule has 1 fully saturated rings. The minimum Gasteiger partial charge on any atom is -0.397 e. The molecule has 0 saturated carbocycles. The highest BCUT2D eigenvalue weighted by molar-refractivity contribution is 6.46.